The number of nitrogens with one attached hydrogen (secondary N) is 2. The summed E-state index contributed by atoms with van der Waals surface area (Å²) in [4.78, 5) is 14.7. The molecule has 0 spiro atoms. The van der Waals surface area contributed by atoms with E-state index in [1.165, 1.54) is 6.08 Å². The van der Waals surface area contributed by atoms with Crippen LogP contribution < -0.4 is 10.6 Å². The second-order valence-electron chi connectivity index (χ2n) is 2.28. The van der Waals surface area contributed by atoms with E-state index in [9.17, 15) is 4.79 Å². The minimum atomic E-state index is -0.0856. The fraction of sp³-hybridized carbons (Fsp3) is 0.333. The average molecular weight is 137 g/mol. The Kier molecular flexibility index (Phi) is 1.00. The summed E-state index contributed by atoms with van der Waals surface area (Å²) in [6, 6.07) is 0.165. The lowest BCUT2D eigenvalue weighted by molar-refractivity contribution is -0.117. The largest absolute Gasteiger partial charge is 0.366 e. The Bertz CT molecular complexity index is 221. The third-order valence-electron chi connectivity index (χ3n) is 1.59. The normalized spacial score (nSPS) is 35.0. The number of fused-ring (bicyclic) bond motifs is 1. The lowest BCUT2D eigenvalue weighted by Crippen LogP contribution is -2.45. The van der Waals surface area contributed by atoms with Gasteiger partial charge in [-0.15, -0.1) is 0 Å². The van der Waals surface area contributed by atoms with Crippen LogP contribution in [0.3, 0.4) is 0 Å². The second-order valence-corrected chi connectivity index (χ2v) is 2.28. The Hall–Kier alpha value is -1.32. The molecule has 10 heavy (non-hydrogen) atoms. The number of amides is 1. The van der Waals surface area contributed by atoms with Gasteiger partial charge in [0, 0.05) is 6.08 Å². The number of hydrogen-bond donors (Lipinski definition) is 2. The Balaban J connectivity index is 2.22. The highest BCUT2D eigenvalue weighted by Gasteiger charge is 2.25. The van der Waals surface area contributed by atoms with Gasteiger partial charge in [-0.3, -0.25) is 4.79 Å². The lowest BCUT2D eigenvalue weighted by Gasteiger charge is -2.18. The van der Waals surface area contributed by atoms with Crippen molar-refractivity contribution in [2.24, 2.45) is 4.99 Å². The Morgan fingerprint density at radius 2 is 2.50 bits per heavy atom. The SMILES string of the molecule is O=C1C=CC2NC=NC2N1. The van der Waals surface area contributed by atoms with E-state index in [1.54, 1.807) is 6.34 Å². The monoisotopic (exact) mass is 137 g/mol. The first-order valence-corrected chi connectivity index (χ1v) is 3.13. The van der Waals surface area contributed by atoms with Gasteiger partial charge in [-0.25, -0.2) is 4.99 Å². The van der Waals surface area contributed by atoms with Gasteiger partial charge in [0.25, 0.3) is 0 Å². The quantitative estimate of drug-likeness (QED) is 0.450. The molecule has 0 fully saturated rings. The van der Waals surface area contributed by atoms with Crippen molar-refractivity contribution in [2.45, 2.75) is 12.2 Å². The van der Waals surface area contributed by atoms with Gasteiger partial charge in [0.1, 0.15) is 6.17 Å². The van der Waals surface area contributed by atoms with E-state index in [0.717, 1.165) is 0 Å². The summed E-state index contributed by atoms with van der Waals surface area (Å²) >= 11 is 0. The highest BCUT2D eigenvalue weighted by Crippen LogP contribution is 2.05. The van der Waals surface area contributed by atoms with E-state index in [0.29, 0.717) is 0 Å². The Labute approximate surface area is 58.0 Å². The molecule has 4 heteroatoms. The van der Waals surface area contributed by atoms with Crippen molar-refractivity contribution in [3.8, 4) is 0 Å². The zero-order valence-corrected chi connectivity index (χ0v) is 5.24. The fourth-order valence-corrected chi connectivity index (χ4v) is 1.07. The molecule has 0 saturated heterocycles. The highest BCUT2D eigenvalue weighted by atomic mass is 16.1. The molecule has 0 aromatic heterocycles. The second kappa shape index (κ2) is 1.83. The van der Waals surface area contributed by atoms with Gasteiger partial charge in [-0.05, 0) is 0 Å². The molecule has 2 aliphatic rings. The maximum Gasteiger partial charge on any atom is 0.245 e. The van der Waals surface area contributed by atoms with Crippen molar-refractivity contribution in [3.63, 3.8) is 0 Å². The van der Waals surface area contributed by atoms with E-state index >= 15 is 0 Å². The topological polar surface area (TPSA) is 53.5 Å². The van der Waals surface area contributed by atoms with E-state index in [1.807, 2.05) is 6.08 Å². The van der Waals surface area contributed by atoms with Gasteiger partial charge in [0.05, 0.1) is 12.4 Å². The molecule has 0 saturated carbocycles. The van der Waals surface area contributed by atoms with Crippen LogP contribution >= 0.6 is 0 Å². The molecule has 4 nitrogen and oxygen atoms in total. The van der Waals surface area contributed by atoms with Crippen molar-refractivity contribution in [1.82, 2.24) is 10.6 Å². The fourth-order valence-electron chi connectivity index (χ4n) is 1.07. The molecule has 0 aromatic carbocycles. The van der Waals surface area contributed by atoms with Crippen LogP contribution in [-0.4, -0.2) is 24.5 Å². The summed E-state index contributed by atoms with van der Waals surface area (Å²) in [6.07, 6.45) is 4.86. The lowest BCUT2D eigenvalue weighted by atomic mass is 10.2. The van der Waals surface area contributed by atoms with Crippen LogP contribution in [0.25, 0.3) is 0 Å². The molecule has 2 N–H and O–H groups in total. The smallest absolute Gasteiger partial charge is 0.245 e. The molecule has 1 amide bonds. The first-order valence-electron chi connectivity index (χ1n) is 3.13. The van der Waals surface area contributed by atoms with E-state index in [4.69, 9.17) is 0 Å². The van der Waals surface area contributed by atoms with Crippen LogP contribution in [0, 0.1) is 0 Å². The van der Waals surface area contributed by atoms with Crippen molar-refractivity contribution < 1.29 is 4.79 Å². The zero-order chi connectivity index (χ0) is 6.97. The van der Waals surface area contributed by atoms with Crippen molar-refractivity contribution >= 4 is 12.2 Å². The van der Waals surface area contributed by atoms with Crippen molar-refractivity contribution in [1.29, 1.82) is 0 Å². The summed E-state index contributed by atoms with van der Waals surface area (Å²) in [7, 11) is 0. The molecule has 2 rings (SSSR count). The molecule has 2 aliphatic heterocycles. The van der Waals surface area contributed by atoms with Gasteiger partial charge < -0.3 is 10.6 Å². The van der Waals surface area contributed by atoms with Crippen LogP contribution in [0.15, 0.2) is 17.1 Å². The van der Waals surface area contributed by atoms with Crippen molar-refractivity contribution in [2.75, 3.05) is 0 Å². The predicted octanol–water partition coefficient (Wildman–Crippen LogP) is -1.00. The highest BCUT2D eigenvalue weighted by molar-refractivity contribution is 5.89. The number of carbonyl (C=O) groups is 1. The molecule has 52 valence electrons. The number of aliphatic imine (C=N–C) groups is 1. The first kappa shape index (κ1) is 5.46. The summed E-state index contributed by atoms with van der Waals surface area (Å²) in [5.74, 6) is -0.0675. The third-order valence-corrected chi connectivity index (χ3v) is 1.59. The van der Waals surface area contributed by atoms with E-state index in [2.05, 4.69) is 15.6 Å². The summed E-state index contributed by atoms with van der Waals surface area (Å²) in [5, 5.41) is 5.68. The van der Waals surface area contributed by atoms with Crippen molar-refractivity contribution in [3.05, 3.63) is 12.2 Å². The molecule has 0 radical (unpaired) electrons. The van der Waals surface area contributed by atoms with Crippen LogP contribution in [0.2, 0.25) is 0 Å². The van der Waals surface area contributed by atoms with Crippen LogP contribution in [0.4, 0.5) is 0 Å². The van der Waals surface area contributed by atoms with Gasteiger partial charge in [-0.2, -0.15) is 0 Å². The number of rotatable bonds is 0. The minimum Gasteiger partial charge on any atom is -0.366 e. The van der Waals surface area contributed by atoms with Crippen LogP contribution in [-0.2, 0) is 4.79 Å². The number of carbonyl (C=O) groups excluding carboxylic acids is 1. The molecule has 0 bridgehead atoms. The van der Waals surface area contributed by atoms with Crippen LogP contribution in [0.1, 0.15) is 0 Å². The van der Waals surface area contributed by atoms with Gasteiger partial charge in [-0.1, -0.05) is 6.08 Å². The molecule has 2 unspecified atom stereocenters. The zero-order valence-electron chi connectivity index (χ0n) is 5.24. The maximum atomic E-state index is 10.7. The maximum absolute atomic E-state index is 10.7. The third kappa shape index (κ3) is 0.689. The van der Waals surface area contributed by atoms with E-state index < -0.39 is 0 Å². The molecule has 2 atom stereocenters. The van der Waals surface area contributed by atoms with Gasteiger partial charge in [0.2, 0.25) is 5.91 Å². The standard InChI is InChI=1S/C6H7N3O/c10-5-2-1-4-6(9-5)8-3-7-4/h1-4,6H,(H,7,8)(H,9,10). The minimum absolute atomic E-state index is 0.0675. The van der Waals surface area contributed by atoms with Gasteiger partial charge in [0.15, 0.2) is 0 Å². The summed E-state index contributed by atoms with van der Waals surface area (Å²) in [5.41, 5.74) is 0. The summed E-state index contributed by atoms with van der Waals surface area (Å²) in [6.45, 7) is 0. The molecular weight excluding hydrogens is 130 g/mol. The number of nitrogens with zero attached hydrogens (tertiary/aromatic N) is 1. The molecule has 0 aromatic rings. The molecule has 0 aliphatic carbocycles. The predicted molar refractivity (Wildman–Crippen MR) is 36.5 cm³/mol. The molecule has 2 heterocycles. The van der Waals surface area contributed by atoms with Crippen LogP contribution in [0.5, 0.6) is 0 Å². The Morgan fingerprint density at radius 1 is 1.60 bits per heavy atom. The Morgan fingerprint density at radius 3 is 3.40 bits per heavy atom. The number of hydrogen-bond acceptors (Lipinski definition) is 3. The summed E-state index contributed by atoms with van der Waals surface area (Å²) < 4.78 is 0. The molecular formula is C6H7N3O. The van der Waals surface area contributed by atoms with E-state index in [-0.39, 0.29) is 18.1 Å². The average Bonchev–Trinajstić information content (AvgIpc) is 2.33. The first-order chi connectivity index (χ1) is 4.86. The van der Waals surface area contributed by atoms with Gasteiger partial charge >= 0.3 is 0 Å².